The molecule has 1 rings (SSSR count). The maximum atomic E-state index is 11.4. The Morgan fingerprint density at radius 3 is 2.87 bits per heavy atom. The molecule has 0 amide bonds. The van der Waals surface area contributed by atoms with Crippen LogP contribution < -0.4 is 0 Å². The van der Waals surface area contributed by atoms with Gasteiger partial charge in [0.15, 0.2) is 0 Å². The summed E-state index contributed by atoms with van der Waals surface area (Å²) in [4.78, 5) is 11.4. The Labute approximate surface area is 95.2 Å². The topological polar surface area (TPSA) is 70.3 Å². The van der Waals surface area contributed by atoms with E-state index in [1.807, 2.05) is 0 Å². The number of hydrogen-bond acceptors (Lipinski definition) is 4. The minimum atomic E-state index is -0.646. The molecule has 0 saturated heterocycles. The first kappa shape index (κ1) is 11.5. The Balaban J connectivity index is 3.24. The highest BCUT2D eigenvalue weighted by Crippen LogP contribution is 2.27. The highest BCUT2D eigenvalue weighted by Gasteiger charge is 2.16. The number of benzene rings is 1. The zero-order chi connectivity index (χ0) is 11.4. The summed E-state index contributed by atoms with van der Waals surface area (Å²) >= 11 is 3.14. The summed E-state index contributed by atoms with van der Waals surface area (Å²) in [6.45, 7) is 1.88. The van der Waals surface area contributed by atoms with Crippen LogP contribution in [0.5, 0.6) is 5.75 Å². The SMILES string of the molecule is CCOC(=O)c1cc(Br)cc(C#N)c1O. The quantitative estimate of drug-likeness (QED) is 0.836. The van der Waals surface area contributed by atoms with Crippen molar-refractivity contribution in [2.24, 2.45) is 0 Å². The van der Waals surface area contributed by atoms with Gasteiger partial charge in [-0.3, -0.25) is 0 Å². The van der Waals surface area contributed by atoms with E-state index >= 15 is 0 Å². The molecular formula is C10H8BrNO3. The van der Waals surface area contributed by atoms with E-state index in [4.69, 9.17) is 10.00 Å². The van der Waals surface area contributed by atoms with Crippen LogP contribution in [0, 0.1) is 11.3 Å². The molecule has 15 heavy (non-hydrogen) atoms. The number of hydrogen-bond donors (Lipinski definition) is 1. The third kappa shape index (κ3) is 2.48. The largest absolute Gasteiger partial charge is 0.506 e. The maximum Gasteiger partial charge on any atom is 0.341 e. The van der Waals surface area contributed by atoms with Gasteiger partial charge in [-0.15, -0.1) is 0 Å². The number of phenols is 1. The Hall–Kier alpha value is -1.54. The summed E-state index contributed by atoms with van der Waals surface area (Å²) in [5.41, 5.74) is 0.0233. The lowest BCUT2D eigenvalue weighted by Crippen LogP contribution is -2.05. The number of phenolic OH excluding ortho intramolecular Hbond substituents is 1. The minimum Gasteiger partial charge on any atom is -0.506 e. The van der Waals surface area contributed by atoms with Crippen molar-refractivity contribution in [2.45, 2.75) is 6.92 Å². The lowest BCUT2D eigenvalue weighted by Gasteiger charge is -2.05. The van der Waals surface area contributed by atoms with Gasteiger partial charge < -0.3 is 9.84 Å². The van der Waals surface area contributed by atoms with E-state index in [0.29, 0.717) is 4.47 Å². The molecule has 5 heteroatoms. The van der Waals surface area contributed by atoms with E-state index in [1.165, 1.54) is 12.1 Å². The van der Waals surface area contributed by atoms with Gasteiger partial charge >= 0.3 is 5.97 Å². The van der Waals surface area contributed by atoms with Crippen LogP contribution >= 0.6 is 15.9 Å². The van der Waals surface area contributed by atoms with Crippen LogP contribution in [0.15, 0.2) is 16.6 Å². The maximum absolute atomic E-state index is 11.4. The first-order valence-electron chi connectivity index (χ1n) is 4.19. The molecule has 0 heterocycles. The van der Waals surface area contributed by atoms with E-state index in [1.54, 1.807) is 13.0 Å². The standard InChI is InChI=1S/C10H8BrNO3/c1-2-15-10(14)8-4-7(11)3-6(5-12)9(8)13/h3-4,13H,2H2,1H3. The Morgan fingerprint density at radius 1 is 1.67 bits per heavy atom. The van der Waals surface area contributed by atoms with Gasteiger partial charge in [0.25, 0.3) is 0 Å². The molecule has 4 nitrogen and oxygen atoms in total. The predicted octanol–water partition coefficient (Wildman–Crippen LogP) is 2.20. The molecule has 0 fully saturated rings. The average Bonchev–Trinajstić information content (AvgIpc) is 2.21. The zero-order valence-corrected chi connectivity index (χ0v) is 9.54. The fourth-order valence-corrected chi connectivity index (χ4v) is 1.51. The Kier molecular flexibility index (Phi) is 3.69. The molecule has 0 atom stereocenters. The lowest BCUT2D eigenvalue weighted by molar-refractivity contribution is 0.0523. The number of rotatable bonds is 2. The van der Waals surface area contributed by atoms with Crippen LogP contribution in [0.25, 0.3) is 0 Å². The molecule has 0 aliphatic heterocycles. The normalized spacial score (nSPS) is 9.40. The van der Waals surface area contributed by atoms with Gasteiger partial charge in [0.05, 0.1) is 12.2 Å². The first-order valence-corrected chi connectivity index (χ1v) is 4.99. The van der Waals surface area contributed by atoms with Crippen molar-refractivity contribution in [2.75, 3.05) is 6.61 Å². The van der Waals surface area contributed by atoms with Crippen molar-refractivity contribution < 1.29 is 14.6 Å². The van der Waals surface area contributed by atoms with E-state index in [-0.39, 0.29) is 23.5 Å². The summed E-state index contributed by atoms with van der Waals surface area (Å²) in [7, 11) is 0. The number of halogens is 1. The molecule has 0 aliphatic carbocycles. The number of carbonyl (C=O) groups is 1. The van der Waals surface area contributed by atoms with E-state index in [2.05, 4.69) is 15.9 Å². The molecule has 1 aromatic rings. The van der Waals surface area contributed by atoms with Crippen LogP contribution in [0.2, 0.25) is 0 Å². The van der Waals surface area contributed by atoms with Crippen LogP contribution in [-0.2, 0) is 4.74 Å². The van der Waals surface area contributed by atoms with Crippen molar-refractivity contribution in [1.29, 1.82) is 5.26 Å². The Bertz CT molecular complexity index is 437. The first-order chi connectivity index (χ1) is 7.10. The average molecular weight is 270 g/mol. The number of nitriles is 1. The summed E-state index contributed by atoms with van der Waals surface area (Å²) in [5, 5.41) is 18.3. The number of esters is 1. The molecule has 1 N–H and O–H groups in total. The van der Waals surface area contributed by atoms with Gasteiger partial charge in [0.1, 0.15) is 17.4 Å². The van der Waals surface area contributed by atoms with Crippen LogP contribution in [0.4, 0.5) is 0 Å². The summed E-state index contributed by atoms with van der Waals surface area (Å²) < 4.78 is 5.28. The van der Waals surface area contributed by atoms with Gasteiger partial charge in [-0.2, -0.15) is 5.26 Å². The molecule has 0 unspecified atom stereocenters. The van der Waals surface area contributed by atoms with E-state index < -0.39 is 5.97 Å². The van der Waals surface area contributed by atoms with E-state index in [0.717, 1.165) is 0 Å². The molecule has 0 aliphatic rings. The fourth-order valence-electron chi connectivity index (χ4n) is 1.05. The van der Waals surface area contributed by atoms with Crippen LogP contribution in [-0.4, -0.2) is 17.7 Å². The van der Waals surface area contributed by atoms with Gasteiger partial charge in [-0.05, 0) is 19.1 Å². The molecule has 0 aromatic heterocycles. The predicted molar refractivity (Wildman–Crippen MR) is 56.5 cm³/mol. The van der Waals surface area contributed by atoms with Crippen molar-refractivity contribution in [1.82, 2.24) is 0 Å². The molecule has 0 radical (unpaired) electrons. The number of carbonyl (C=O) groups excluding carboxylic acids is 1. The second-order valence-electron chi connectivity index (χ2n) is 2.68. The molecular weight excluding hydrogens is 262 g/mol. The van der Waals surface area contributed by atoms with Crippen LogP contribution in [0.1, 0.15) is 22.8 Å². The van der Waals surface area contributed by atoms with Crippen molar-refractivity contribution in [3.8, 4) is 11.8 Å². The highest BCUT2D eigenvalue weighted by molar-refractivity contribution is 9.10. The summed E-state index contributed by atoms with van der Waals surface area (Å²) in [6, 6.07) is 4.63. The number of aromatic hydroxyl groups is 1. The van der Waals surface area contributed by atoms with Gasteiger partial charge in [-0.1, -0.05) is 15.9 Å². The molecule has 1 aromatic carbocycles. The third-order valence-electron chi connectivity index (χ3n) is 1.69. The molecule has 0 saturated carbocycles. The monoisotopic (exact) mass is 269 g/mol. The summed E-state index contributed by atoms with van der Waals surface area (Å²) in [6.07, 6.45) is 0. The van der Waals surface area contributed by atoms with E-state index in [9.17, 15) is 9.90 Å². The second-order valence-corrected chi connectivity index (χ2v) is 3.60. The minimum absolute atomic E-state index is 0.0113. The number of nitrogens with zero attached hydrogens (tertiary/aromatic N) is 1. The lowest BCUT2D eigenvalue weighted by atomic mass is 10.1. The van der Waals surface area contributed by atoms with Crippen LogP contribution in [0.3, 0.4) is 0 Å². The van der Waals surface area contributed by atoms with Crippen molar-refractivity contribution in [3.05, 3.63) is 27.7 Å². The fraction of sp³-hybridized carbons (Fsp3) is 0.200. The zero-order valence-electron chi connectivity index (χ0n) is 7.95. The second kappa shape index (κ2) is 4.80. The van der Waals surface area contributed by atoms with Gasteiger partial charge in [-0.25, -0.2) is 4.79 Å². The van der Waals surface area contributed by atoms with Gasteiger partial charge in [0.2, 0.25) is 0 Å². The number of ether oxygens (including phenoxy) is 1. The van der Waals surface area contributed by atoms with Crippen molar-refractivity contribution in [3.63, 3.8) is 0 Å². The molecule has 0 bridgehead atoms. The van der Waals surface area contributed by atoms with Crippen molar-refractivity contribution >= 4 is 21.9 Å². The third-order valence-corrected chi connectivity index (χ3v) is 2.15. The highest BCUT2D eigenvalue weighted by atomic mass is 79.9. The molecule has 78 valence electrons. The molecule has 0 spiro atoms. The Morgan fingerprint density at radius 2 is 2.33 bits per heavy atom. The smallest absolute Gasteiger partial charge is 0.341 e. The summed E-state index contributed by atoms with van der Waals surface area (Å²) in [5.74, 6) is -0.994. The van der Waals surface area contributed by atoms with Gasteiger partial charge in [0, 0.05) is 4.47 Å².